The van der Waals surface area contributed by atoms with E-state index in [0.29, 0.717) is 6.04 Å². The van der Waals surface area contributed by atoms with Crippen molar-refractivity contribution in [2.24, 2.45) is 0 Å². The average Bonchev–Trinajstić information content (AvgIpc) is 2.48. The van der Waals surface area contributed by atoms with E-state index in [-0.39, 0.29) is 0 Å². The van der Waals surface area contributed by atoms with Gasteiger partial charge in [-0.25, -0.2) is 0 Å². The van der Waals surface area contributed by atoms with Crippen molar-refractivity contribution >= 4 is 28.4 Å². The molecule has 1 aromatic heterocycles. The number of nitrogens with zero attached hydrogens (tertiary/aromatic N) is 2. The van der Waals surface area contributed by atoms with Gasteiger partial charge in [0.25, 0.3) is 0 Å². The molecule has 4 heteroatoms. The molecule has 1 N–H and O–H groups in total. The van der Waals surface area contributed by atoms with Crippen LogP contribution >= 0.6 is 11.8 Å². The van der Waals surface area contributed by atoms with E-state index in [4.69, 9.17) is 0 Å². The second-order valence-electron chi connectivity index (χ2n) is 5.13. The van der Waals surface area contributed by atoms with Crippen molar-refractivity contribution in [1.29, 1.82) is 0 Å². The van der Waals surface area contributed by atoms with Gasteiger partial charge in [0.05, 0.1) is 17.4 Å². The summed E-state index contributed by atoms with van der Waals surface area (Å²) in [7, 11) is 0. The maximum absolute atomic E-state index is 4.17. The summed E-state index contributed by atoms with van der Waals surface area (Å²) in [5.41, 5.74) is 2.09. The van der Waals surface area contributed by atoms with E-state index >= 15 is 0 Å². The minimum Gasteiger partial charge on any atom is -0.380 e. The molecule has 0 bridgehead atoms. The Labute approximate surface area is 118 Å². The monoisotopic (exact) mass is 273 g/mol. The van der Waals surface area contributed by atoms with E-state index in [1.165, 1.54) is 31.1 Å². The van der Waals surface area contributed by atoms with Crippen molar-refractivity contribution in [2.75, 3.05) is 11.6 Å². The second kappa shape index (κ2) is 5.78. The summed E-state index contributed by atoms with van der Waals surface area (Å²) in [6.45, 7) is 0. The molecule has 1 saturated carbocycles. The molecule has 100 valence electrons. The lowest BCUT2D eigenvalue weighted by molar-refractivity contribution is 0.473. The van der Waals surface area contributed by atoms with Gasteiger partial charge in [0.15, 0.2) is 0 Å². The number of hydrogen-bond donors (Lipinski definition) is 1. The molecule has 0 spiro atoms. The Hall–Kier alpha value is -1.29. The molecule has 1 heterocycles. The summed E-state index contributed by atoms with van der Waals surface area (Å²) >= 11 is 2.01. The van der Waals surface area contributed by atoms with E-state index in [1.54, 1.807) is 0 Å². The van der Waals surface area contributed by atoms with Crippen LogP contribution in [0.3, 0.4) is 0 Å². The number of nitrogens with one attached hydrogen (secondary N) is 1. The highest BCUT2D eigenvalue weighted by molar-refractivity contribution is 7.99. The summed E-state index contributed by atoms with van der Waals surface area (Å²) in [5.74, 6) is 0. The van der Waals surface area contributed by atoms with Gasteiger partial charge in [-0.05, 0) is 38.0 Å². The fourth-order valence-corrected chi connectivity index (χ4v) is 3.53. The van der Waals surface area contributed by atoms with Crippen molar-refractivity contribution in [3.63, 3.8) is 0 Å². The van der Waals surface area contributed by atoms with Crippen molar-refractivity contribution in [3.8, 4) is 0 Å². The topological polar surface area (TPSA) is 37.8 Å². The zero-order chi connectivity index (χ0) is 13.1. The summed E-state index contributed by atoms with van der Waals surface area (Å²) in [4.78, 5) is 0. The molecule has 1 fully saturated rings. The van der Waals surface area contributed by atoms with E-state index < -0.39 is 0 Å². The zero-order valence-corrected chi connectivity index (χ0v) is 12.0. The van der Waals surface area contributed by atoms with Gasteiger partial charge < -0.3 is 5.32 Å². The molecule has 0 saturated heterocycles. The third kappa shape index (κ3) is 2.84. The summed E-state index contributed by atoms with van der Waals surface area (Å²) in [5, 5.41) is 13.9. The minimum absolute atomic E-state index is 0.580. The number of anilines is 1. The predicted molar refractivity (Wildman–Crippen MR) is 82.7 cm³/mol. The van der Waals surface area contributed by atoms with Gasteiger partial charge in [-0.2, -0.15) is 22.0 Å². The lowest BCUT2D eigenvalue weighted by atomic mass is 9.94. The van der Waals surface area contributed by atoms with Crippen LogP contribution in [0.5, 0.6) is 0 Å². The Morgan fingerprint density at radius 1 is 1.16 bits per heavy atom. The first kappa shape index (κ1) is 12.7. The Morgan fingerprint density at radius 2 is 1.95 bits per heavy atom. The number of fused-ring (bicyclic) bond motifs is 1. The maximum Gasteiger partial charge on any atom is 0.0950 e. The normalized spacial score (nSPS) is 23.4. The summed E-state index contributed by atoms with van der Waals surface area (Å²) in [6, 6.07) is 8.76. The summed E-state index contributed by atoms with van der Waals surface area (Å²) in [6.07, 6.45) is 9.20. The van der Waals surface area contributed by atoms with Crippen LogP contribution in [-0.4, -0.2) is 27.7 Å². The van der Waals surface area contributed by atoms with Gasteiger partial charge in [-0.15, -0.1) is 0 Å². The smallest absolute Gasteiger partial charge is 0.0950 e. The van der Waals surface area contributed by atoms with Gasteiger partial charge in [0, 0.05) is 16.7 Å². The lowest BCUT2D eigenvalue weighted by Gasteiger charge is -2.28. The third-order valence-corrected chi connectivity index (χ3v) is 5.05. The molecule has 19 heavy (non-hydrogen) atoms. The molecular formula is C15H19N3S. The van der Waals surface area contributed by atoms with Crippen molar-refractivity contribution < 1.29 is 0 Å². The molecular weight excluding hydrogens is 254 g/mol. The lowest BCUT2D eigenvalue weighted by Crippen LogP contribution is -2.27. The van der Waals surface area contributed by atoms with Gasteiger partial charge in [0.1, 0.15) is 0 Å². The first-order valence-corrected chi connectivity index (χ1v) is 8.15. The van der Waals surface area contributed by atoms with Crippen molar-refractivity contribution in [1.82, 2.24) is 10.2 Å². The quantitative estimate of drug-likeness (QED) is 0.925. The SMILES string of the molecule is CSC1CCC(Nc2cnnc3ccccc23)CC1. The zero-order valence-electron chi connectivity index (χ0n) is 11.2. The van der Waals surface area contributed by atoms with E-state index in [9.17, 15) is 0 Å². The highest BCUT2D eigenvalue weighted by Crippen LogP contribution is 2.30. The van der Waals surface area contributed by atoms with Crippen LogP contribution in [0.1, 0.15) is 25.7 Å². The van der Waals surface area contributed by atoms with Crippen LogP contribution in [0, 0.1) is 0 Å². The number of thioether (sulfide) groups is 1. The fourth-order valence-electron chi connectivity index (χ4n) is 2.78. The van der Waals surface area contributed by atoms with Crippen LogP contribution in [0.4, 0.5) is 5.69 Å². The Bertz CT molecular complexity index is 545. The maximum atomic E-state index is 4.17. The number of hydrogen-bond acceptors (Lipinski definition) is 4. The van der Waals surface area contributed by atoms with E-state index in [0.717, 1.165) is 16.5 Å². The molecule has 0 unspecified atom stereocenters. The Balaban J connectivity index is 1.75. The highest BCUT2D eigenvalue weighted by Gasteiger charge is 2.20. The van der Waals surface area contributed by atoms with Gasteiger partial charge in [-0.3, -0.25) is 0 Å². The fraction of sp³-hybridized carbons (Fsp3) is 0.467. The molecule has 2 aromatic rings. The molecule has 3 nitrogen and oxygen atoms in total. The van der Waals surface area contributed by atoms with Crippen LogP contribution in [-0.2, 0) is 0 Å². The molecule has 0 amide bonds. The molecule has 1 aliphatic carbocycles. The third-order valence-electron chi connectivity index (χ3n) is 3.91. The van der Waals surface area contributed by atoms with Gasteiger partial charge >= 0.3 is 0 Å². The molecule has 1 aliphatic rings. The van der Waals surface area contributed by atoms with Crippen LogP contribution in [0.25, 0.3) is 10.9 Å². The highest BCUT2D eigenvalue weighted by atomic mass is 32.2. The largest absolute Gasteiger partial charge is 0.380 e. The number of rotatable bonds is 3. The van der Waals surface area contributed by atoms with Crippen LogP contribution < -0.4 is 5.32 Å². The van der Waals surface area contributed by atoms with E-state index in [2.05, 4.69) is 33.9 Å². The first-order valence-electron chi connectivity index (χ1n) is 6.86. The summed E-state index contributed by atoms with van der Waals surface area (Å²) < 4.78 is 0. The Morgan fingerprint density at radius 3 is 2.74 bits per heavy atom. The molecule has 0 radical (unpaired) electrons. The van der Waals surface area contributed by atoms with Crippen LogP contribution in [0.15, 0.2) is 30.5 Å². The first-order chi connectivity index (χ1) is 9.36. The average molecular weight is 273 g/mol. The predicted octanol–water partition coefficient (Wildman–Crippen LogP) is 3.72. The van der Waals surface area contributed by atoms with Gasteiger partial charge in [-0.1, -0.05) is 18.2 Å². The number of benzene rings is 1. The molecule has 0 aliphatic heterocycles. The molecule has 3 rings (SSSR count). The Kier molecular flexibility index (Phi) is 3.87. The minimum atomic E-state index is 0.580. The van der Waals surface area contributed by atoms with Crippen LogP contribution in [0.2, 0.25) is 0 Å². The number of aromatic nitrogens is 2. The van der Waals surface area contributed by atoms with Crippen molar-refractivity contribution in [3.05, 3.63) is 30.5 Å². The second-order valence-corrected chi connectivity index (χ2v) is 6.27. The molecule has 0 atom stereocenters. The molecule has 1 aromatic carbocycles. The van der Waals surface area contributed by atoms with Gasteiger partial charge in [0.2, 0.25) is 0 Å². The van der Waals surface area contributed by atoms with Crippen molar-refractivity contribution in [2.45, 2.75) is 37.0 Å². The van der Waals surface area contributed by atoms with E-state index in [1.807, 2.05) is 30.1 Å². The standard InChI is InChI=1S/C15H19N3S/c1-19-12-8-6-11(7-9-12)17-15-10-16-18-14-5-3-2-4-13(14)15/h2-5,10-12H,6-9H2,1H3,(H,17,18).